The highest BCUT2D eigenvalue weighted by Crippen LogP contribution is 2.25. The number of ether oxygens (including phenoxy) is 1. The molecule has 3 heterocycles. The largest absolute Gasteiger partial charge is 0.422 e. The zero-order valence-electron chi connectivity index (χ0n) is 18.6. The lowest BCUT2D eigenvalue weighted by Gasteiger charge is -2.40. The number of fused-ring (bicyclic) bond motifs is 1. The van der Waals surface area contributed by atoms with Crippen molar-refractivity contribution in [1.29, 1.82) is 0 Å². The number of piperazine rings is 1. The minimum Gasteiger partial charge on any atom is -0.422 e. The van der Waals surface area contributed by atoms with Crippen LogP contribution in [0, 0.1) is 13.8 Å². The molecule has 0 N–H and O–H groups in total. The summed E-state index contributed by atoms with van der Waals surface area (Å²) < 4.78 is 40.5. The lowest BCUT2D eigenvalue weighted by molar-refractivity contribution is -0.0457. The summed E-state index contributed by atoms with van der Waals surface area (Å²) in [6.45, 7) is 11.2. The lowest BCUT2D eigenvalue weighted by Crippen LogP contribution is -2.57. The number of aryl methyl sites for hydroxylation is 2. The quantitative estimate of drug-likeness (QED) is 0.663. The summed E-state index contributed by atoms with van der Waals surface area (Å²) in [6.07, 6.45) is -0.213. The molecule has 4 rings (SSSR count). The number of hydrogen-bond acceptors (Lipinski definition) is 6. The molecule has 8 nitrogen and oxygen atoms in total. The van der Waals surface area contributed by atoms with E-state index < -0.39 is 10.2 Å². The van der Waals surface area contributed by atoms with Crippen LogP contribution in [-0.2, 0) is 21.5 Å². The highest BCUT2D eigenvalue weighted by Gasteiger charge is 2.36. The van der Waals surface area contributed by atoms with Gasteiger partial charge in [0.1, 0.15) is 5.58 Å². The van der Waals surface area contributed by atoms with Crippen molar-refractivity contribution in [2.45, 2.75) is 46.4 Å². The maximum Gasteiger partial charge on any atom is 0.336 e. The Balaban J connectivity index is 1.46. The second-order valence-electron chi connectivity index (χ2n) is 8.73. The van der Waals surface area contributed by atoms with E-state index in [1.165, 1.54) is 0 Å². The molecule has 2 saturated heterocycles. The van der Waals surface area contributed by atoms with E-state index in [2.05, 4.69) is 4.90 Å². The van der Waals surface area contributed by atoms with Crippen molar-refractivity contribution in [2.75, 3.05) is 39.3 Å². The van der Waals surface area contributed by atoms with Gasteiger partial charge in [0.25, 0.3) is 10.2 Å². The molecule has 31 heavy (non-hydrogen) atoms. The van der Waals surface area contributed by atoms with Crippen molar-refractivity contribution in [1.82, 2.24) is 13.5 Å². The number of rotatable bonds is 4. The maximum atomic E-state index is 13.1. The van der Waals surface area contributed by atoms with Crippen LogP contribution in [0.4, 0.5) is 0 Å². The molecular weight excluding hydrogens is 418 g/mol. The number of nitrogens with zero attached hydrogens (tertiary/aromatic N) is 3. The van der Waals surface area contributed by atoms with Gasteiger partial charge in [0, 0.05) is 57.3 Å². The molecule has 0 aliphatic carbocycles. The fraction of sp³-hybridized carbons (Fsp3) is 0.591. The summed E-state index contributed by atoms with van der Waals surface area (Å²) >= 11 is 0. The van der Waals surface area contributed by atoms with Crippen LogP contribution in [0.1, 0.15) is 30.5 Å². The van der Waals surface area contributed by atoms with E-state index in [1.807, 2.05) is 39.8 Å². The van der Waals surface area contributed by atoms with Crippen molar-refractivity contribution in [3.63, 3.8) is 0 Å². The predicted octanol–water partition coefficient (Wildman–Crippen LogP) is 1.88. The minimum absolute atomic E-state index is 0.107. The van der Waals surface area contributed by atoms with Gasteiger partial charge < -0.3 is 9.15 Å². The first kappa shape index (κ1) is 22.4. The van der Waals surface area contributed by atoms with E-state index in [9.17, 15) is 13.2 Å². The molecule has 1 aromatic carbocycles. The topological polar surface area (TPSA) is 83.3 Å². The van der Waals surface area contributed by atoms with Crippen molar-refractivity contribution < 1.29 is 17.6 Å². The molecule has 2 unspecified atom stereocenters. The number of hydrogen-bond donors (Lipinski definition) is 0. The van der Waals surface area contributed by atoms with E-state index >= 15 is 0 Å². The van der Waals surface area contributed by atoms with Gasteiger partial charge in [-0.15, -0.1) is 0 Å². The molecule has 9 heteroatoms. The molecule has 0 bridgehead atoms. The fourth-order valence-corrected chi connectivity index (χ4v) is 6.24. The second kappa shape index (κ2) is 8.63. The molecule has 0 spiro atoms. The molecule has 1 aromatic heterocycles. The number of morpholine rings is 1. The first-order chi connectivity index (χ1) is 14.6. The van der Waals surface area contributed by atoms with Gasteiger partial charge in [0.15, 0.2) is 0 Å². The highest BCUT2D eigenvalue weighted by molar-refractivity contribution is 7.86. The van der Waals surface area contributed by atoms with Gasteiger partial charge in [-0.3, -0.25) is 4.90 Å². The van der Waals surface area contributed by atoms with Gasteiger partial charge in [-0.2, -0.15) is 17.0 Å². The third kappa shape index (κ3) is 4.56. The third-order valence-electron chi connectivity index (χ3n) is 6.28. The van der Waals surface area contributed by atoms with Crippen molar-refractivity contribution in [3.05, 3.63) is 45.3 Å². The van der Waals surface area contributed by atoms with Crippen LogP contribution >= 0.6 is 0 Å². The van der Waals surface area contributed by atoms with Gasteiger partial charge in [-0.25, -0.2) is 4.79 Å². The van der Waals surface area contributed by atoms with Crippen LogP contribution in [0.15, 0.2) is 27.4 Å². The smallest absolute Gasteiger partial charge is 0.336 e. The molecule has 2 aliphatic heterocycles. The molecule has 2 aliphatic rings. The Labute approximate surface area is 183 Å². The van der Waals surface area contributed by atoms with Gasteiger partial charge in [-0.05, 0) is 44.4 Å². The minimum atomic E-state index is -3.50. The van der Waals surface area contributed by atoms with Crippen molar-refractivity contribution >= 4 is 21.2 Å². The van der Waals surface area contributed by atoms with E-state index in [-0.39, 0.29) is 17.8 Å². The molecule has 0 amide bonds. The Bertz CT molecular complexity index is 1110. The van der Waals surface area contributed by atoms with Gasteiger partial charge >= 0.3 is 5.63 Å². The number of benzene rings is 1. The average Bonchev–Trinajstić information content (AvgIpc) is 2.71. The summed E-state index contributed by atoms with van der Waals surface area (Å²) in [5.74, 6) is 0. The average molecular weight is 450 g/mol. The molecular formula is C22H31N3O5S. The standard InChI is InChI=1S/C22H31N3O5S/c1-15-5-6-20-19(11-21(26)30-22(20)18(15)4)14-23-7-9-24(10-8-23)31(27,28)25-12-16(2)29-17(3)13-25/h5-6,11,16-17H,7-10,12-14H2,1-4H3. The summed E-state index contributed by atoms with van der Waals surface area (Å²) in [4.78, 5) is 14.3. The first-order valence-electron chi connectivity index (χ1n) is 10.8. The van der Waals surface area contributed by atoms with Crippen LogP contribution in [0.5, 0.6) is 0 Å². The second-order valence-corrected chi connectivity index (χ2v) is 10.7. The van der Waals surface area contributed by atoms with Crippen LogP contribution in [0.25, 0.3) is 11.0 Å². The molecule has 0 radical (unpaired) electrons. The van der Waals surface area contributed by atoms with Gasteiger partial charge in [-0.1, -0.05) is 12.1 Å². The van der Waals surface area contributed by atoms with Crippen LogP contribution in [0.2, 0.25) is 0 Å². The summed E-state index contributed by atoms with van der Waals surface area (Å²) in [7, 11) is -3.50. The van der Waals surface area contributed by atoms with Crippen LogP contribution in [-0.4, -0.2) is 73.4 Å². The monoisotopic (exact) mass is 449 g/mol. The predicted molar refractivity (Wildman–Crippen MR) is 119 cm³/mol. The third-order valence-corrected chi connectivity index (χ3v) is 8.25. The summed E-state index contributed by atoms with van der Waals surface area (Å²) in [5.41, 5.74) is 3.26. The highest BCUT2D eigenvalue weighted by atomic mass is 32.2. The Morgan fingerprint density at radius 3 is 2.29 bits per heavy atom. The van der Waals surface area contributed by atoms with Crippen molar-refractivity contribution in [3.8, 4) is 0 Å². The van der Waals surface area contributed by atoms with Crippen molar-refractivity contribution in [2.24, 2.45) is 0 Å². The maximum absolute atomic E-state index is 13.1. The normalized spacial score (nSPS) is 24.6. The SMILES string of the molecule is Cc1ccc2c(CN3CCN(S(=O)(=O)N4CC(C)OC(C)C4)CC3)cc(=O)oc2c1C. The fourth-order valence-electron chi connectivity index (χ4n) is 4.50. The first-order valence-corrected chi connectivity index (χ1v) is 12.2. The zero-order chi connectivity index (χ0) is 22.3. The zero-order valence-corrected chi connectivity index (χ0v) is 19.4. The lowest BCUT2D eigenvalue weighted by atomic mass is 10.0. The van der Waals surface area contributed by atoms with E-state index in [0.29, 0.717) is 51.4 Å². The molecule has 2 fully saturated rings. The Hall–Kier alpha value is -1.78. The Morgan fingerprint density at radius 1 is 1.00 bits per heavy atom. The Morgan fingerprint density at radius 2 is 1.65 bits per heavy atom. The van der Waals surface area contributed by atoms with Crippen LogP contribution in [0.3, 0.4) is 0 Å². The summed E-state index contributed by atoms with van der Waals surface area (Å²) in [5, 5.41) is 0.939. The van der Waals surface area contributed by atoms with Gasteiger partial charge in [0.2, 0.25) is 0 Å². The Kier molecular flexibility index (Phi) is 6.24. The van der Waals surface area contributed by atoms with E-state index in [0.717, 1.165) is 22.1 Å². The molecule has 2 aromatic rings. The molecule has 170 valence electrons. The van der Waals surface area contributed by atoms with Gasteiger partial charge in [0.05, 0.1) is 12.2 Å². The molecule has 2 atom stereocenters. The van der Waals surface area contributed by atoms with E-state index in [1.54, 1.807) is 14.7 Å². The van der Waals surface area contributed by atoms with Crippen LogP contribution < -0.4 is 5.63 Å². The van der Waals surface area contributed by atoms with E-state index in [4.69, 9.17) is 9.15 Å². The molecule has 0 saturated carbocycles. The summed E-state index contributed by atoms with van der Waals surface area (Å²) in [6, 6.07) is 5.59.